The highest BCUT2D eigenvalue weighted by Crippen LogP contribution is 2.30. The van der Waals surface area contributed by atoms with Crippen LogP contribution in [0.25, 0.3) is 0 Å². The van der Waals surface area contributed by atoms with Crippen molar-refractivity contribution >= 4 is 40.8 Å². The molecule has 0 aliphatic carbocycles. The number of rotatable bonds is 6. The summed E-state index contributed by atoms with van der Waals surface area (Å²) in [4.78, 5) is 24.8. The fourth-order valence-electron chi connectivity index (χ4n) is 2.57. The molecule has 0 radical (unpaired) electrons. The van der Waals surface area contributed by atoms with E-state index < -0.39 is 17.6 Å². The summed E-state index contributed by atoms with van der Waals surface area (Å²) in [7, 11) is 0. The fraction of sp³-hybridized carbons (Fsp3) is 0.0909. The highest BCUT2D eigenvalue weighted by Gasteiger charge is 2.30. The van der Waals surface area contributed by atoms with E-state index in [9.17, 15) is 22.8 Å². The first kappa shape index (κ1) is 22.2. The quantitative estimate of drug-likeness (QED) is 0.403. The van der Waals surface area contributed by atoms with Crippen LogP contribution in [0.1, 0.15) is 5.56 Å². The van der Waals surface area contributed by atoms with Crippen molar-refractivity contribution in [3.05, 3.63) is 84.4 Å². The molecule has 0 aliphatic heterocycles. The molecule has 9 heteroatoms. The molecule has 3 aromatic rings. The van der Waals surface area contributed by atoms with Gasteiger partial charge in [0.2, 0.25) is 5.91 Å². The average molecular weight is 445 g/mol. The van der Waals surface area contributed by atoms with E-state index in [2.05, 4.69) is 16.0 Å². The number of hydrogen-bond donors (Lipinski definition) is 3. The lowest BCUT2D eigenvalue weighted by Crippen LogP contribution is -2.19. The summed E-state index contributed by atoms with van der Waals surface area (Å²) in [5.74, 6) is -0.397. The van der Waals surface area contributed by atoms with Crippen molar-refractivity contribution in [1.82, 2.24) is 0 Å². The van der Waals surface area contributed by atoms with Crippen molar-refractivity contribution in [2.45, 2.75) is 11.1 Å². The largest absolute Gasteiger partial charge is 0.416 e. The second-order valence-electron chi connectivity index (χ2n) is 6.38. The maximum absolute atomic E-state index is 12.7. The summed E-state index contributed by atoms with van der Waals surface area (Å²) in [6.07, 6.45) is -4.47. The Morgan fingerprint density at radius 3 is 2.00 bits per heavy atom. The molecular formula is C22H18F3N3O2S. The van der Waals surface area contributed by atoms with E-state index in [1.807, 2.05) is 18.2 Å². The molecule has 3 rings (SSSR count). The zero-order valence-electron chi connectivity index (χ0n) is 16.1. The Bertz CT molecular complexity index is 1040. The summed E-state index contributed by atoms with van der Waals surface area (Å²) >= 11 is 1.23. The number of anilines is 3. The normalized spacial score (nSPS) is 10.9. The summed E-state index contributed by atoms with van der Waals surface area (Å²) in [6, 6.07) is 20.0. The van der Waals surface area contributed by atoms with Gasteiger partial charge in [0.15, 0.2) is 0 Å². The number of para-hydroxylation sites is 1. The summed E-state index contributed by atoms with van der Waals surface area (Å²) < 4.78 is 38.2. The van der Waals surface area contributed by atoms with Crippen molar-refractivity contribution in [2.24, 2.45) is 0 Å². The first-order valence-electron chi connectivity index (χ1n) is 9.12. The van der Waals surface area contributed by atoms with Crippen LogP contribution < -0.4 is 16.0 Å². The van der Waals surface area contributed by atoms with Crippen LogP contribution in [0.15, 0.2) is 83.8 Å². The molecule has 0 fully saturated rings. The van der Waals surface area contributed by atoms with Crippen LogP contribution in [0.4, 0.5) is 35.0 Å². The Kier molecular flexibility index (Phi) is 7.19. The van der Waals surface area contributed by atoms with E-state index in [0.717, 1.165) is 17.0 Å². The monoisotopic (exact) mass is 445 g/mol. The maximum atomic E-state index is 12.7. The first-order chi connectivity index (χ1) is 14.8. The van der Waals surface area contributed by atoms with Gasteiger partial charge >= 0.3 is 12.2 Å². The molecule has 0 bridgehead atoms. The summed E-state index contributed by atoms with van der Waals surface area (Å²) in [5, 5.41) is 7.87. The van der Waals surface area contributed by atoms with E-state index in [1.54, 1.807) is 36.4 Å². The number of carbonyl (C=O) groups is 2. The Hall–Kier alpha value is -3.46. The van der Waals surface area contributed by atoms with Crippen molar-refractivity contribution in [3.63, 3.8) is 0 Å². The van der Waals surface area contributed by atoms with Gasteiger partial charge in [-0.3, -0.25) is 4.79 Å². The van der Waals surface area contributed by atoms with Crippen LogP contribution >= 0.6 is 11.8 Å². The zero-order valence-corrected chi connectivity index (χ0v) is 16.9. The number of carbonyl (C=O) groups excluding carboxylic acids is 2. The van der Waals surface area contributed by atoms with E-state index >= 15 is 0 Å². The molecule has 0 unspecified atom stereocenters. The third-order valence-corrected chi connectivity index (χ3v) is 5.00. The molecule has 0 spiro atoms. The number of urea groups is 1. The number of nitrogens with one attached hydrogen (secondary N) is 3. The second kappa shape index (κ2) is 10.0. The van der Waals surface area contributed by atoms with Gasteiger partial charge in [-0.2, -0.15) is 13.2 Å². The van der Waals surface area contributed by atoms with Crippen LogP contribution in [-0.4, -0.2) is 17.7 Å². The smallest absolute Gasteiger partial charge is 0.325 e. The van der Waals surface area contributed by atoms with Crippen LogP contribution in [0.2, 0.25) is 0 Å². The van der Waals surface area contributed by atoms with Gasteiger partial charge in [-0.15, -0.1) is 11.8 Å². The Labute approximate surface area is 181 Å². The molecule has 3 amide bonds. The number of halogens is 3. The standard InChI is InChI=1S/C22H18F3N3O2S/c23-22(24,25)15-5-4-8-18(13-15)26-20(29)14-31-19-11-9-17(10-12-19)28-21(30)27-16-6-2-1-3-7-16/h1-13H,14H2,(H,26,29)(H2,27,28,30). The molecule has 5 nitrogen and oxygen atoms in total. The molecule has 0 heterocycles. The van der Waals surface area contributed by atoms with Gasteiger partial charge in [-0.25, -0.2) is 4.79 Å². The van der Waals surface area contributed by atoms with Gasteiger partial charge in [-0.05, 0) is 54.6 Å². The van der Waals surface area contributed by atoms with Gasteiger partial charge < -0.3 is 16.0 Å². The molecule has 0 atom stereocenters. The summed E-state index contributed by atoms with van der Waals surface area (Å²) in [6.45, 7) is 0. The lowest BCUT2D eigenvalue weighted by atomic mass is 10.2. The Morgan fingerprint density at radius 1 is 0.742 bits per heavy atom. The minimum atomic E-state index is -4.47. The molecule has 3 N–H and O–H groups in total. The minimum absolute atomic E-state index is 0.0253. The highest BCUT2D eigenvalue weighted by molar-refractivity contribution is 8.00. The molecule has 3 aromatic carbocycles. The van der Waals surface area contributed by atoms with Gasteiger partial charge in [-0.1, -0.05) is 24.3 Å². The predicted molar refractivity (Wildman–Crippen MR) is 116 cm³/mol. The topological polar surface area (TPSA) is 70.2 Å². The van der Waals surface area contributed by atoms with Crippen molar-refractivity contribution in [1.29, 1.82) is 0 Å². The van der Waals surface area contributed by atoms with Gasteiger partial charge in [0.1, 0.15) is 0 Å². The Balaban J connectivity index is 1.48. The van der Waals surface area contributed by atoms with Crippen LogP contribution in [0.3, 0.4) is 0 Å². The number of thioether (sulfide) groups is 1. The predicted octanol–water partition coefficient (Wildman–Crippen LogP) is 6.08. The molecule has 0 aliphatic rings. The van der Waals surface area contributed by atoms with Crippen molar-refractivity contribution in [3.8, 4) is 0 Å². The second-order valence-corrected chi connectivity index (χ2v) is 7.43. The van der Waals surface area contributed by atoms with Crippen LogP contribution in [0, 0.1) is 0 Å². The van der Waals surface area contributed by atoms with Crippen molar-refractivity contribution < 1.29 is 22.8 Å². The average Bonchev–Trinajstić information content (AvgIpc) is 2.73. The van der Waals surface area contributed by atoms with Gasteiger partial charge in [0.05, 0.1) is 11.3 Å². The van der Waals surface area contributed by atoms with E-state index in [4.69, 9.17) is 0 Å². The maximum Gasteiger partial charge on any atom is 0.416 e. The van der Waals surface area contributed by atoms with Crippen molar-refractivity contribution in [2.75, 3.05) is 21.7 Å². The third-order valence-electron chi connectivity index (χ3n) is 3.99. The van der Waals surface area contributed by atoms with Crippen LogP contribution in [-0.2, 0) is 11.0 Å². The van der Waals surface area contributed by atoms with E-state index in [1.165, 1.54) is 23.9 Å². The number of benzene rings is 3. The highest BCUT2D eigenvalue weighted by atomic mass is 32.2. The number of hydrogen-bond acceptors (Lipinski definition) is 3. The minimum Gasteiger partial charge on any atom is -0.325 e. The molecular weight excluding hydrogens is 427 g/mol. The zero-order chi connectivity index (χ0) is 22.3. The van der Waals surface area contributed by atoms with Gasteiger partial charge in [0, 0.05) is 22.0 Å². The van der Waals surface area contributed by atoms with Crippen LogP contribution in [0.5, 0.6) is 0 Å². The molecule has 0 aromatic heterocycles. The number of amides is 3. The Morgan fingerprint density at radius 2 is 1.35 bits per heavy atom. The summed E-state index contributed by atoms with van der Waals surface area (Å²) in [5.41, 5.74) is 0.506. The van der Waals surface area contributed by atoms with E-state index in [-0.39, 0.29) is 17.5 Å². The lowest BCUT2D eigenvalue weighted by Gasteiger charge is -2.10. The molecule has 160 valence electrons. The molecule has 0 saturated carbocycles. The number of alkyl halides is 3. The van der Waals surface area contributed by atoms with Gasteiger partial charge in [0.25, 0.3) is 0 Å². The first-order valence-corrected chi connectivity index (χ1v) is 10.1. The molecule has 31 heavy (non-hydrogen) atoms. The molecule has 0 saturated heterocycles. The third kappa shape index (κ3) is 7.07. The fourth-order valence-corrected chi connectivity index (χ4v) is 3.27. The lowest BCUT2D eigenvalue weighted by molar-refractivity contribution is -0.137. The van der Waals surface area contributed by atoms with E-state index in [0.29, 0.717) is 11.4 Å². The SMILES string of the molecule is O=C(CSc1ccc(NC(=O)Nc2ccccc2)cc1)Nc1cccc(C(F)(F)F)c1.